The van der Waals surface area contributed by atoms with E-state index in [1.54, 1.807) is 16.4 Å². The smallest absolute Gasteiger partial charge is 0.243 e. The molecule has 1 heterocycles. The van der Waals surface area contributed by atoms with Crippen molar-refractivity contribution in [2.75, 3.05) is 19.7 Å². The van der Waals surface area contributed by atoms with Crippen molar-refractivity contribution in [1.82, 2.24) is 4.31 Å². The minimum Gasteiger partial charge on any atom is -0.494 e. The van der Waals surface area contributed by atoms with Crippen LogP contribution in [-0.2, 0) is 16.6 Å². The molecular formula is C15H23NO4S. The Labute approximate surface area is 126 Å². The van der Waals surface area contributed by atoms with Crippen LogP contribution in [0, 0.1) is 0 Å². The van der Waals surface area contributed by atoms with Gasteiger partial charge in [0, 0.05) is 18.7 Å². The molecule has 0 unspecified atom stereocenters. The molecule has 5 nitrogen and oxygen atoms in total. The standard InChI is InChI=1S/C15H23NO4S/c1-2-20-15-8-7-14(11-13(15)12-17)21(18,19)16-9-5-3-4-6-10-16/h7-8,11,17H,2-6,9-10,12H2,1H3. The Balaban J connectivity index is 2.30. The number of rotatable bonds is 5. The van der Waals surface area contributed by atoms with E-state index in [9.17, 15) is 13.5 Å². The molecule has 0 aromatic heterocycles. The summed E-state index contributed by atoms with van der Waals surface area (Å²) in [5.41, 5.74) is 0.507. The Morgan fingerprint density at radius 2 is 1.86 bits per heavy atom. The fraction of sp³-hybridized carbons (Fsp3) is 0.600. The van der Waals surface area contributed by atoms with Crippen molar-refractivity contribution in [3.8, 4) is 5.75 Å². The highest BCUT2D eigenvalue weighted by atomic mass is 32.2. The van der Waals surface area contributed by atoms with E-state index in [2.05, 4.69) is 0 Å². The molecule has 118 valence electrons. The summed E-state index contributed by atoms with van der Waals surface area (Å²) >= 11 is 0. The van der Waals surface area contributed by atoms with E-state index < -0.39 is 10.0 Å². The van der Waals surface area contributed by atoms with Crippen LogP contribution in [0.2, 0.25) is 0 Å². The second-order valence-corrected chi connectivity index (χ2v) is 7.12. The second kappa shape index (κ2) is 7.24. The Morgan fingerprint density at radius 1 is 1.19 bits per heavy atom. The van der Waals surface area contributed by atoms with Crippen LogP contribution in [0.5, 0.6) is 5.75 Å². The molecule has 0 aliphatic carbocycles. The summed E-state index contributed by atoms with van der Waals surface area (Å²) in [7, 11) is -3.48. The average Bonchev–Trinajstić information content (AvgIpc) is 2.77. The zero-order valence-electron chi connectivity index (χ0n) is 12.4. The fourth-order valence-corrected chi connectivity index (χ4v) is 4.14. The van der Waals surface area contributed by atoms with Crippen molar-refractivity contribution in [2.45, 2.75) is 44.1 Å². The lowest BCUT2D eigenvalue weighted by atomic mass is 10.2. The van der Waals surface area contributed by atoms with Gasteiger partial charge in [-0.1, -0.05) is 12.8 Å². The van der Waals surface area contributed by atoms with Gasteiger partial charge < -0.3 is 9.84 Å². The lowest BCUT2D eigenvalue weighted by Crippen LogP contribution is -2.32. The molecule has 1 aromatic rings. The number of aliphatic hydroxyl groups is 1. The molecule has 1 saturated heterocycles. The van der Waals surface area contributed by atoms with Crippen LogP contribution < -0.4 is 4.74 Å². The molecule has 0 saturated carbocycles. The minimum absolute atomic E-state index is 0.233. The zero-order chi connectivity index (χ0) is 15.3. The molecule has 1 aromatic carbocycles. The van der Waals surface area contributed by atoms with Gasteiger partial charge in [0.1, 0.15) is 5.75 Å². The quantitative estimate of drug-likeness (QED) is 0.904. The van der Waals surface area contributed by atoms with Crippen LogP contribution in [0.1, 0.15) is 38.2 Å². The number of sulfonamides is 1. The summed E-state index contributed by atoms with van der Waals surface area (Å²) < 4.78 is 32.3. The minimum atomic E-state index is -3.48. The number of hydrogen-bond acceptors (Lipinski definition) is 4. The predicted molar refractivity (Wildman–Crippen MR) is 80.8 cm³/mol. The van der Waals surface area contributed by atoms with E-state index >= 15 is 0 Å². The van der Waals surface area contributed by atoms with Crippen LogP contribution in [0.3, 0.4) is 0 Å². The first-order valence-electron chi connectivity index (χ1n) is 7.46. The monoisotopic (exact) mass is 313 g/mol. The van der Waals surface area contributed by atoms with Gasteiger partial charge in [-0.2, -0.15) is 4.31 Å². The lowest BCUT2D eigenvalue weighted by molar-refractivity contribution is 0.266. The normalized spacial score (nSPS) is 17.4. The van der Waals surface area contributed by atoms with E-state index in [1.165, 1.54) is 6.07 Å². The molecule has 0 atom stereocenters. The summed E-state index contributed by atoms with van der Waals surface area (Å²) in [5, 5.41) is 9.40. The van der Waals surface area contributed by atoms with Gasteiger partial charge in [0.25, 0.3) is 0 Å². The highest BCUT2D eigenvalue weighted by molar-refractivity contribution is 7.89. The number of benzene rings is 1. The highest BCUT2D eigenvalue weighted by Crippen LogP contribution is 2.26. The topological polar surface area (TPSA) is 66.8 Å². The molecule has 0 amide bonds. The maximum atomic E-state index is 12.7. The third-order valence-corrected chi connectivity index (χ3v) is 5.60. The molecule has 6 heteroatoms. The summed E-state index contributed by atoms with van der Waals surface area (Å²) in [6.45, 7) is 3.24. The third kappa shape index (κ3) is 3.75. The molecule has 1 fully saturated rings. The van der Waals surface area contributed by atoms with Crippen molar-refractivity contribution in [3.63, 3.8) is 0 Å². The lowest BCUT2D eigenvalue weighted by Gasteiger charge is -2.20. The van der Waals surface area contributed by atoms with E-state index in [4.69, 9.17) is 4.74 Å². The predicted octanol–water partition coefficient (Wildman–Crippen LogP) is 2.14. The van der Waals surface area contributed by atoms with Gasteiger partial charge in [0.05, 0.1) is 18.1 Å². The second-order valence-electron chi connectivity index (χ2n) is 5.18. The SMILES string of the molecule is CCOc1ccc(S(=O)(=O)N2CCCCCC2)cc1CO. The summed E-state index contributed by atoms with van der Waals surface area (Å²) in [6.07, 6.45) is 3.97. The van der Waals surface area contributed by atoms with Crippen LogP contribution in [0.15, 0.2) is 23.1 Å². The Morgan fingerprint density at radius 3 is 2.43 bits per heavy atom. The number of nitrogens with zero attached hydrogens (tertiary/aromatic N) is 1. The Hall–Kier alpha value is -1.11. The zero-order valence-corrected chi connectivity index (χ0v) is 13.2. The van der Waals surface area contributed by atoms with Gasteiger partial charge in [0.2, 0.25) is 10.0 Å². The maximum absolute atomic E-state index is 12.7. The first-order chi connectivity index (χ1) is 10.1. The molecule has 2 rings (SSSR count). The Kier molecular flexibility index (Phi) is 5.61. The molecule has 0 bridgehead atoms. The molecule has 0 spiro atoms. The van der Waals surface area contributed by atoms with Gasteiger partial charge in [-0.25, -0.2) is 8.42 Å². The van der Waals surface area contributed by atoms with E-state index in [1.807, 2.05) is 6.92 Å². The Bertz CT molecular complexity index is 563. The molecule has 0 radical (unpaired) electrons. The highest BCUT2D eigenvalue weighted by Gasteiger charge is 2.25. The summed E-state index contributed by atoms with van der Waals surface area (Å²) in [6, 6.07) is 4.70. The van der Waals surface area contributed by atoms with Crippen molar-refractivity contribution < 1.29 is 18.3 Å². The molecule has 1 aliphatic rings. The van der Waals surface area contributed by atoms with Crippen molar-refractivity contribution >= 4 is 10.0 Å². The summed E-state index contributed by atoms with van der Waals surface area (Å²) in [4.78, 5) is 0.233. The first kappa shape index (κ1) is 16.3. The van der Waals surface area contributed by atoms with Gasteiger partial charge in [-0.05, 0) is 38.0 Å². The maximum Gasteiger partial charge on any atom is 0.243 e. The number of hydrogen-bond donors (Lipinski definition) is 1. The third-order valence-electron chi connectivity index (χ3n) is 3.70. The van der Waals surface area contributed by atoms with Crippen molar-refractivity contribution in [1.29, 1.82) is 0 Å². The van der Waals surface area contributed by atoms with Crippen LogP contribution >= 0.6 is 0 Å². The average molecular weight is 313 g/mol. The van der Waals surface area contributed by atoms with Crippen LogP contribution in [0.4, 0.5) is 0 Å². The number of aliphatic hydroxyl groups excluding tert-OH is 1. The van der Waals surface area contributed by atoms with Gasteiger partial charge in [0.15, 0.2) is 0 Å². The molecule has 1 N–H and O–H groups in total. The van der Waals surface area contributed by atoms with E-state index in [-0.39, 0.29) is 11.5 Å². The molecule has 21 heavy (non-hydrogen) atoms. The van der Waals surface area contributed by atoms with Crippen LogP contribution in [-0.4, -0.2) is 37.5 Å². The largest absolute Gasteiger partial charge is 0.494 e. The van der Waals surface area contributed by atoms with Gasteiger partial charge in [-0.3, -0.25) is 0 Å². The molecular weight excluding hydrogens is 290 g/mol. The number of ether oxygens (including phenoxy) is 1. The van der Waals surface area contributed by atoms with Crippen molar-refractivity contribution in [3.05, 3.63) is 23.8 Å². The van der Waals surface area contributed by atoms with Gasteiger partial charge in [-0.15, -0.1) is 0 Å². The summed E-state index contributed by atoms with van der Waals surface area (Å²) in [5.74, 6) is 0.537. The van der Waals surface area contributed by atoms with E-state index in [0.717, 1.165) is 25.7 Å². The molecule has 1 aliphatic heterocycles. The van der Waals surface area contributed by atoms with Crippen molar-refractivity contribution in [2.24, 2.45) is 0 Å². The van der Waals surface area contributed by atoms with Gasteiger partial charge >= 0.3 is 0 Å². The van der Waals surface area contributed by atoms with E-state index in [0.29, 0.717) is 31.0 Å². The fourth-order valence-electron chi connectivity index (χ4n) is 2.57. The first-order valence-corrected chi connectivity index (χ1v) is 8.90. The van der Waals surface area contributed by atoms with Crippen LogP contribution in [0.25, 0.3) is 0 Å².